The second kappa shape index (κ2) is 39.5. The van der Waals surface area contributed by atoms with Crippen LogP contribution in [-0.2, 0) is 32.7 Å². The lowest BCUT2D eigenvalue weighted by Crippen LogP contribution is -2.37. The van der Waals surface area contributed by atoms with Gasteiger partial charge in [-0.15, -0.1) is 0 Å². The van der Waals surface area contributed by atoms with Crippen LogP contribution < -0.4 is 0 Å². The zero-order valence-corrected chi connectivity index (χ0v) is 38.7. The molecule has 0 aliphatic heterocycles. The first-order valence-corrected chi connectivity index (χ1v) is 24.2. The van der Waals surface area contributed by atoms with Crippen molar-refractivity contribution in [2.24, 2.45) is 0 Å². The number of phosphoric acid groups is 1. The topological polar surface area (TPSA) is 129 Å². The minimum Gasteiger partial charge on any atom is -0.462 e. The van der Waals surface area contributed by atoms with E-state index in [9.17, 15) is 24.2 Å². The number of hydrogen-bond donors (Lipinski definition) is 2. The molecule has 340 valence electrons. The van der Waals surface area contributed by atoms with Crippen molar-refractivity contribution in [2.45, 2.75) is 174 Å². The third-order valence-electron chi connectivity index (χ3n) is 9.37. The van der Waals surface area contributed by atoms with Gasteiger partial charge in [-0.1, -0.05) is 132 Å². The first-order valence-electron chi connectivity index (χ1n) is 22.7. The van der Waals surface area contributed by atoms with Crippen LogP contribution in [0, 0.1) is 0 Å². The molecule has 11 heteroatoms. The molecule has 0 aromatic heterocycles. The van der Waals surface area contributed by atoms with E-state index in [0.717, 1.165) is 70.6 Å². The standard InChI is InChI=1S/C48H84NO9P/c1-6-8-9-10-11-12-13-14-15-16-17-21-24-27-30-33-36-39-47(51)55-43-46(44-57-59(53,54)56-42-41-49(3,4)5)58-48(52)40-37-34-31-28-25-22-19-18-20-23-26-29-32-35-38-45(50)7-2/h11-12,14-15,19-20,22-23,28-29,31-32,45-46,50H,6-10,13,16-18,21,24-27,30,33-44H2,1-5H3/p+1/b12-11-,15-14-,22-19-,23-20-,31-28-,32-29-/t45-,46-/m1/s1. The van der Waals surface area contributed by atoms with Gasteiger partial charge in [-0.3, -0.25) is 18.6 Å². The molecule has 0 heterocycles. The molecule has 0 aromatic rings. The molecule has 0 radical (unpaired) electrons. The van der Waals surface area contributed by atoms with Crippen LogP contribution in [0.1, 0.15) is 162 Å². The van der Waals surface area contributed by atoms with Gasteiger partial charge in [0.2, 0.25) is 0 Å². The predicted octanol–water partition coefficient (Wildman–Crippen LogP) is 12.0. The van der Waals surface area contributed by atoms with Crippen LogP contribution in [0.3, 0.4) is 0 Å². The Hall–Kier alpha value is -2.59. The van der Waals surface area contributed by atoms with Crippen LogP contribution in [0.4, 0.5) is 0 Å². The second-order valence-electron chi connectivity index (χ2n) is 16.2. The third kappa shape index (κ3) is 43.3. The maximum absolute atomic E-state index is 12.7. The van der Waals surface area contributed by atoms with E-state index in [-0.39, 0.29) is 32.2 Å². The summed E-state index contributed by atoms with van der Waals surface area (Å²) in [5.41, 5.74) is 0. The molecule has 2 N–H and O–H groups in total. The van der Waals surface area contributed by atoms with Crippen molar-refractivity contribution in [1.29, 1.82) is 0 Å². The maximum atomic E-state index is 12.7. The fourth-order valence-corrected chi connectivity index (χ4v) is 6.35. The Kier molecular flexibility index (Phi) is 37.8. The first-order chi connectivity index (χ1) is 28.4. The molecule has 0 rings (SSSR count). The van der Waals surface area contributed by atoms with Gasteiger partial charge in [-0.2, -0.15) is 0 Å². The number of aliphatic hydroxyl groups is 1. The lowest BCUT2D eigenvalue weighted by molar-refractivity contribution is -0.870. The Morgan fingerprint density at radius 3 is 1.61 bits per heavy atom. The summed E-state index contributed by atoms with van der Waals surface area (Å²) in [5, 5.41) is 9.57. The number of ether oxygens (including phenoxy) is 2. The molecule has 0 saturated carbocycles. The summed E-state index contributed by atoms with van der Waals surface area (Å²) in [4.78, 5) is 35.4. The Bertz CT molecular complexity index is 1250. The molecule has 0 amide bonds. The first kappa shape index (κ1) is 56.4. The summed E-state index contributed by atoms with van der Waals surface area (Å²) in [6, 6.07) is 0. The number of quaternary nitrogens is 1. The zero-order valence-electron chi connectivity index (χ0n) is 37.8. The smallest absolute Gasteiger partial charge is 0.462 e. The summed E-state index contributed by atoms with van der Waals surface area (Å²) in [6.45, 7) is 4.02. The van der Waals surface area contributed by atoms with Gasteiger partial charge in [-0.25, -0.2) is 4.57 Å². The number of carbonyl (C=O) groups is 2. The van der Waals surface area contributed by atoms with E-state index in [1.165, 1.54) is 44.9 Å². The summed E-state index contributed by atoms with van der Waals surface area (Å²) in [5.74, 6) is -0.897. The van der Waals surface area contributed by atoms with E-state index in [2.05, 4.69) is 73.8 Å². The van der Waals surface area contributed by atoms with Crippen LogP contribution in [0.2, 0.25) is 0 Å². The third-order valence-corrected chi connectivity index (χ3v) is 10.4. The van der Waals surface area contributed by atoms with Gasteiger partial charge < -0.3 is 24.0 Å². The molecule has 0 aromatic carbocycles. The molecule has 59 heavy (non-hydrogen) atoms. The fourth-order valence-electron chi connectivity index (χ4n) is 5.60. The van der Waals surface area contributed by atoms with E-state index in [1.54, 1.807) is 0 Å². The average molecular weight is 851 g/mol. The highest BCUT2D eigenvalue weighted by Gasteiger charge is 2.27. The molecular weight excluding hydrogens is 765 g/mol. The minimum absolute atomic E-state index is 0.0104. The zero-order chi connectivity index (χ0) is 43.7. The van der Waals surface area contributed by atoms with Crippen LogP contribution in [0.15, 0.2) is 72.9 Å². The number of rotatable bonds is 40. The molecule has 0 aliphatic carbocycles. The van der Waals surface area contributed by atoms with E-state index < -0.39 is 32.5 Å². The summed E-state index contributed by atoms with van der Waals surface area (Å²) in [6.07, 6.45) is 46.1. The Morgan fingerprint density at radius 2 is 1.07 bits per heavy atom. The van der Waals surface area contributed by atoms with Crippen molar-refractivity contribution in [2.75, 3.05) is 47.5 Å². The van der Waals surface area contributed by atoms with E-state index >= 15 is 0 Å². The minimum atomic E-state index is -4.40. The highest BCUT2D eigenvalue weighted by atomic mass is 31.2. The van der Waals surface area contributed by atoms with Gasteiger partial charge in [0.05, 0.1) is 33.9 Å². The lowest BCUT2D eigenvalue weighted by Gasteiger charge is -2.24. The van der Waals surface area contributed by atoms with Crippen molar-refractivity contribution in [3.8, 4) is 0 Å². The predicted molar refractivity (Wildman–Crippen MR) is 244 cm³/mol. The summed E-state index contributed by atoms with van der Waals surface area (Å²) < 4.78 is 34.2. The van der Waals surface area contributed by atoms with Crippen molar-refractivity contribution >= 4 is 19.8 Å². The quantitative estimate of drug-likeness (QED) is 0.0203. The summed E-state index contributed by atoms with van der Waals surface area (Å²) in [7, 11) is 1.40. The van der Waals surface area contributed by atoms with Crippen LogP contribution in [0.25, 0.3) is 0 Å². The molecule has 10 nitrogen and oxygen atoms in total. The van der Waals surface area contributed by atoms with Crippen LogP contribution in [-0.4, -0.2) is 86.1 Å². The second-order valence-corrected chi connectivity index (χ2v) is 17.7. The van der Waals surface area contributed by atoms with Crippen molar-refractivity contribution in [1.82, 2.24) is 0 Å². The highest BCUT2D eigenvalue weighted by molar-refractivity contribution is 7.47. The molecule has 0 aliphatic rings. The van der Waals surface area contributed by atoms with Gasteiger partial charge in [-0.05, 0) is 89.9 Å². The van der Waals surface area contributed by atoms with Gasteiger partial charge in [0.25, 0.3) is 0 Å². The number of unbranched alkanes of at least 4 members (excludes halogenated alkanes) is 11. The van der Waals surface area contributed by atoms with Gasteiger partial charge in [0, 0.05) is 12.8 Å². The molecule has 0 fully saturated rings. The molecule has 0 spiro atoms. The normalized spacial score (nSPS) is 14.8. The van der Waals surface area contributed by atoms with E-state index in [1.807, 2.05) is 34.1 Å². The number of hydrogen-bond acceptors (Lipinski definition) is 8. The van der Waals surface area contributed by atoms with Gasteiger partial charge in [0.15, 0.2) is 6.10 Å². The van der Waals surface area contributed by atoms with E-state index in [0.29, 0.717) is 30.3 Å². The summed E-state index contributed by atoms with van der Waals surface area (Å²) >= 11 is 0. The number of nitrogens with zero attached hydrogens (tertiary/aromatic N) is 1. The lowest BCUT2D eigenvalue weighted by atomic mass is 10.1. The number of phosphoric ester groups is 1. The number of carbonyl (C=O) groups excluding carboxylic acids is 2. The Labute approximate surface area is 360 Å². The number of allylic oxidation sites excluding steroid dienone is 12. The molecule has 0 bridgehead atoms. The van der Waals surface area contributed by atoms with Gasteiger partial charge >= 0.3 is 19.8 Å². The van der Waals surface area contributed by atoms with E-state index in [4.69, 9.17) is 18.5 Å². The highest BCUT2D eigenvalue weighted by Crippen LogP contribution is 2.43. The molecule has 1 unspecified atom stereocenters. The number of esters is 2. The average Bonchev–Trinajstić information content (AvgIpc) is 3.19. The Morgan fingerprint density at radius 1 is 0.593 bits per heavy atom. The molecule has 3 atom stereocenters. The maximum Gasteiger partial charge on any atom is 0.472 e. The van der Waals surface area contributed by atoms with Crippen molar-refractivity contribution < 1.29 is 47.2 Å². The van der Waals surface area contributed by atoms with Crippen LogP contribution in [0.5, 0.6) is 0 Å². The monoisotopic (exact) mass is 851 g/mol. The number of aliphatic hydroxyl groups excluding tert-OH is 1. The fraction of sp³-hybridized carbons (Fsp3) is 0.708. The molecule has 0 saturated heterocycles. The van der Waals surface area contributed by atoms with Gasteiger partial charge in [0.1, 0.15) is 19.8 Å². The Balaban J connectivity index is 4.47. The SMILES string of the molecule is CCCCC/C=C\C/C=C\CCCCCCCCCC(=O)OC[C@H](COP(=O)(O)OCC[N+](C)(C)C)OC(=O)CCC/C=C\C/C=C\C/C=C\C/C=C\CC[C@H](O)CC. The van der Waals surface area contributed by atoms with Crippen molar-refractivity contribution in [3.05, 3.63) is 72.9 Å². The molecular formula is C48H85NO9P+. The largest absolute Gasteiger partial charge is 0.472 e. The van der Waals surface area contributed by atoms with Crippen LogP contribution >= 0.6 is 7.82 Å². The number of likely N-dealkylation sites (N-methyl/N-ethyl adjacent to an activating group) is 1. The van der Waals surface area contributed by atoms with Crippen molar-refractivity contribution in [3.63, 3.8) is 0 Å².